The van der Waals surface area contributed by atoms with Crippen LogP contribution >= 0.6 is 43.0 Å². The Labute approximate surface area is 107 Å². The molecule has 11 heavy (non-hydrogen) atoms. The Hall–Kier alpha value is 1.41. The fourth-order valence-corrected chi connectivity index (χ4v) is 0.651. The van der Waals surface area contributed by atoms with Gasteiger partial charge in [0.2, 0.25) is 0 Å². The summed E-state index contributed by atoms with van der Waals surface area (Å²) in [4.78, 5) is 7.15. The van der Waals surface area contributed by atoms with Crippen LogP contribution in [0.2, 0.25) is 0 Å². The summed E-state index contributed by atoms with van der Waals surface area (Å²) in [5.74, 6) is 1.00. The van der Waals surface area contributed by atoms with Gasteiger partial charge in [0.25, 0.3) is 0 Å². The number of imidazole rings is 1. The molecule has 0 aromatic carbocycles. The molecule has 1 heterocycles. The molecule has 5 heteroatoms. The first-order chi connectivity index (χ1) is 4.83. The molecule has 0 amide bonds. The van der Waals surface area contributed by atoms with Crippen LogP contribution in [0.4, 0.5) is 0 Å². The van der Waals surface area contributed by atoms with Crippen LogP contribution in [0.25, 0.3) is 0 Å². The maximum absolute atomic E-state index is 4.03. The third-order valence-corrected chi connectivity index (χ3v) is 1.14. The number of aryl methyl sites for hydroxylation is 2. The minimum absolute atomic E-state index is 0. The number of halogens is 2. The molecule has 0 radical (unpaired) electrons. The second-order valence-corrected chi connectivity index (χ2v) is 1.85. The molecule has 0 aliphatic heterocycles. The summed E-state index contributed by atoms with van der Waals surface area (Å²) in [5, 5.41) is 0. The van der Waals surface area contributed by atoms with Gasteiger partial charge in [0.15, 0.2) is 0 Å². The molecule has 1 aromatic rings. The fourth-order valence-electron chi connectivity index (χ4n) is 0.651. The number of aromatic nitrogens is 2. The SMILES string of the molecule is CCc1cnc(C)[nH]1.I.[Ag][I]. The van der Waals surface area contributed by atoms with Crippen LogP contribution in [0.15, 0.2) is 6.20 Å². The van der Waals surface area contributed by atoms with E-state index < -0.39 is 0 Å². The molecule has 0 fully saturated rings. The molecule has 1 N–H and O–H groups in total. The number of H-pyrrole nitrogens is 1. The van der Waals surface area contributed by atoms with E-state index in [1.54, 1.807) is 0 Å². The van der Waals surface area contributed by atoms with Crippen molar-refractivity contribution in [2.75, 3.05) is 0 Å². The maximum atomic E-state index is 4.03. The topological polar surface area (TPSA) is 28.7 Å². The van der Waals surface area contributed by atoms with Crippen molar-refractivity contribution >= 4 is 43.0 Å². The molecule has 0 atom stereocenters. The number of nitrogens with zero attached hydrogens (tertiary/aromatic N) is 1. The molecule has 0 unspecified atom stereocenters. The number of hydrogen-bond acceptors (Lipinski definition) is 1. The van der Waals surface area contributed by atoms with Crippen molar-refractivity contribution in [3.05, 3.63) is 17.7 Å². The van der Waals surface area contributed by atoms with E-state index in [4.69, 9.17) is 0 Å². The van der Waals surface area contributed by atoms with E-state index in [0.717, 1.165) is 12.2 Å². The molecule has 0 aliphatic carbocycles. The molecule has 0 saturated carbocycles. The fraction of sp³-hybridized carbons (Fsp3) is 0.500. The molecule has 0 spiro atoms. The first-order valence-electron chi connectivity index (χ1n) is 2.95. The van der Waals surface area contributed by atoms with Crippen LogP contribution in [0.1, 0.15) is 18.4 Å². The average Bonchev–Trinajstić information content (AvgIpc) is 2.40. The standard InChI is InChI=1S/C6H10N2.Ag.2HI/c1-3-6-4-7-5(2)8-6;;;/h4H,3H2,1-2H3,(H,7,8);;2*1H/q;+1;;/p-1. The predicted octanol–water partition coefficient (Wildman–Crippen LogP) is 2.78. The summed E-state index contributed by atoms with van der Waals surface area (Å²) >= 11 is 4.88. The van der Waals surface area contributed by atoms with Crippen LogP contribution in [0.5, 0.6) is 0 Å². The molecule has 1 rings (SSSR count). The van der Waals surface area contributed by atoms with Crippen molar-refractivity contribution in [3.63, 3.8) is 0 Å². The van der Waals surface area contributed by atoms with Gasteiger partial charge in [-0.05, 0) is 13.3 Å². The van der Waals surface area contributed by atoms with Gasteiger partial charge in [0.05, 0.1) is 0 Å². The number of hydrogen-bond donors (Lipinski definition) is 1. The summed E-state index contributed by atoms with van der Waals surface area (Å²) in [6.45, 7) is 4.06. The van der Waals surface area contributed by atoms with Gasteiger partial charge in [0.1, 0.15) is 5.82 Å². The zero-order valence-corrected chi connectivity index (χ0v) is 12.3. The molecular formula is C6H11AgI2N2. The molecule has 0 saturated heterocycles. The van der Waals surface area contributed by atoms with Crippen molar-refractivity contribution < 1.29 is 17.3 Å². The molecule has 1 aromatic heterocycles. The van der Waals surface area contributed by atoms with Gasteiger partial charge in [-0.15, -0.1) is 24.0 Å². The van der Waals surface area contributed by atoms with Crippen LogP contribution in [0.3, 0.4) is 0 Å². The molecule has 2 nitrogen and oxygen atoms in total. The third-order valence-electron chi connectivity index (χ3n) is 1.14. The van der Waals surface area contributed by atoms with Crippen LogP contribution in [0, 0.1) is 6.92 Å². The van der Waals surface area contributed by atoms with Crippen molar-refractivity contribution in [2.24, 2.45) is 0 Å². The molecular weight excluding hydrogens is 462 g/mol. The van der Waals surface area contributed by atoms with Gasteiger partial charge in [-0.1, -0.05) is 6.92 Å². The Morgan fingerprint density at radius 2 is 2.18 bits per heavy atom. The van der Waals surface area contributed by atoms with Crippen LogP contribution in [-0.4, -0.2) is 9.97 Å². The Balaban J connectivity index is 0. The zero-order valence-electron chi connectivity index (χ0n) is 6.32. The number of nitrogens with one attached hydrogen (secondary N) is 1. The summed E-state index contributed by atoms with van der Waals surface area (Å²) in [6.07, 6.45) is 2.91. The Bertz CT molecular complexity index is 179. The van der Waals surface area contributed by atoms with Gasteiger partial charge in [-0.3, -0.25) is 0 Å². The van der Waals surface area contributed by atoms with Crippen LogP contribution < -0.4 is 0 Å². The summed E-state index contributed by atoms with van der Waals surface area (Å²) in [6, 6.07) is 0. The quantitative estimate of drug-likeness (QED) is 0.494. The van der Waals surface area contributed by atoms with Crippen molar-refractivity contribution in [1.29, 1.82) is 0 Å². The Kier molecular flexibility index (Phi) is 12.9. The summed E-state index contributed by atoms with van der Waals surface area (Å²) < 4.78 is 0. The average molecular weight is 473 g/mol. The van der Waals surface area contributed by atoms with Gasteiger partial charge in [0, 0.05) is 11.9 Å². The first-order valence-corrected chi connectivity index (χ1v) is 7.35. The van der Waals surface area contributed by atoms with Crippen molar-refractivity contribution in [1.82, 2.24) is 9.97 Å². The van der Waals surface area contributed by atoms with Gasteiger partial charge in [-0.25, -0.2) is 4.98 Å². The van der Waals surface area contributed by atoms with Gasteiger partial charge >= 0.3 is 36.3 Å². The van der Waals surface area contributed by atoms with E-state index in [9.17, 15) is 0 Å². The first kappa shape index (κ1) is 14.9. The molecule has 0 aliphatic rings. The minimum atomic E-state index is 0. The normalized spacial score (nSPS) is 7.73. The van der Waals surface area contributed by atoms with E-state index in [1.807, 2.05) is 32.1 Å². The second kappa shape index (κ2) is 9.50. The predicted molar refractivity (Wildman–Crippen MR) is 62.1 cm³/mol. The zero-order chi connectivity index (χ0) is 7.98. The number of rotatable bonds is 1. The number of aromatic amines is 1. The second-order valence-electron chi connectivity index (χ2n) is 1.85. The van der Waals surface area contributed by atoms with Gasteiger partial charge < -0.3 is 4.98 Å². The van der Waals surface area contributed by atoms with Crippen LogP contribution in [-0.2, 0) is 23.7 Å². The van der Waals surface area contributed by atoms with Crippen molar-refractivity contribution in [2.45, 2.75) is 20.3 Å². The van der Waals surface area contributed by atoms with Crippen molar-refractivity contribution in [3.8, 4) is 0 Å². The van der Waals surface area contributed by atoms with E-state index >= 15 is 0 Å². The third kappa shape index (κ3) is 6.56. The van der Waals surface area contributed by atoms with Gasteiger partial charge in [-0.2, -0.15) is 0 Å². The summed E-state index contributed by atoms with van der Waals surface area (Å²) in [7, 11) is 0. The van der Waals surface area contributed by atoms with E-state index in [0.29, 0.717) is 0 Å². The molecule has 0 bridgehead atoms. The summed E-state index contributed by atoms with van der Waals surface area (Å²) in [5.41, 5.74) is 1.21. The Morgan fingerprint density at radius 1 is 1.64 bits per heavy atom. The van der Waals surface area contributed by atoms with E-state index in [-0.39, 0.29) is 24.0 Å². The van der Waals surface area contributed by atoms with E-state index in [2.05, 4.69) is 34.1 Å². The molecule has 70 valence electrons. The van der Waals surface area contributed by atoms with E-state index in [1.165, 1.54) is 5.69 Å². The Morgan fingerprint density at radius 3 is 2.36 bits per heavy atom. The monoisotopic (exact) mass is 472 g/mol.